The van der Waals surface area contributed by atoms with Gasteiger partial charge in [0.2, 0.25) is 0 Å². The minimum absolute atomic E-state index is 0.248. The van der Waals surface area contributed by atoms with Gasteiger partial charge in [0.05, 0.1) is 15.8 Å². The van der Waals surface area contributed by atoms with Gasteiger partial charge in [0.25, 0.3) is 0 Å². The molecule has 3 rings (SSSR count). The number of benzene rings is 1. The first kappa shape index (κ1) is 13.9. The molecule has 0 N–H and O–H groups in total. The summed E-state index contributed by atoms with van der Waals surface area (Å²) >= 11 is 6.23. The molecule has 0 bridgehead atoms. The minimum Gasteiger partial charge on any atom is -0.323 e. The predicted molar refractivity (Wildman–Crippen MR) is 79.9 cm³/mol. The van der Waals surface area contributed by atoms with Crippen LogP contribution >= 0.6 is 11.6 Å². The molecule has 4 nitrogen and oxygen atoms in total. The molecule has 0 aliphatic heterocycles. The van der Waals surface area contributed by atoms with Crippen molar-refractivity contribution in [3.63, 3.8) is 0 Å². The zero-order chi connectivity index (χ0) is 14.7. The van der Waals surface area contributed by atoms with E-state index >= 15 is 0 Å². The normalized spacial score (nSPS) is 24.0. The highest BCUT2D eigenvalue weighted by molar-refractivity contribution is 7.91. The van der Waals surface area contributed by atoms with Gasteiger partial charge in [0, 0.05) is 12.3 Å². The van der Waals surface area contributed by atoms with E-state index in [1.807, 2.05) is 13.0 Å². The van der Waals surface area contributed by atoms with Gasteiger partial charge in [-0.2, -0.15) is 0 Å². The molecular weight excluding hydrogens is 296 g/mol. The molecule has 1 aromatic carbocycles. The molecule has 1 saturated carbocycles. The fraction of sp³-hybridized carbons (Fsp3) is 0.500. The van der Waals surface area contributed by atoms with Gasteiger partial charge in [-0.1, -0.05) is 13.0 Å². The maximum absolute atomic E-state index is 11.9. The first-order chi connectivity index (χ1) is 9.30. The highest BCUT2D eigenvalue weighted by Gasteiger charge is 2.38. The Morgan fingerprint density at radius 3 is 2.60 bits per heavy atom. The van der Waals surface area contributed by atoms with Gasteiger partial charge in [0.1, 0.15) is 11.3 Å². The molecule has 20 heavy (non-hydrogen) atoms. The summed E-state index contributed by atoms with van der Waals surface area (Å²) in [6, 6.07) is 5.68. The fourth-order valence-corrected chi connectivity index (χ4v) is 3.68. The van der Waals surface area contributed by atoms with E-state index in [9.17, 15) is 8.42 Å². The molecule has 1 fully saturated rings. The van der Waals surface area contributed by atoms with Gasteiger partial charge in [-0.25, -0.2) is 13.4 Å². The van der Waals surface area contributed by atoms with Crippen LogP contribution in [0.25, 0.3) is 11.0 Å². The molecule has 1 heterocycles. The number of alkyl halides is 1. The summed E-state index contributed by atoms with van der Waals surface area (Å²) < 4.78 is 25.9. The van der Waals surface area contributed by atoms with Crippen molar-refractivity contribution in [1.29, 1.82) is 0 Å². The van der Waals surface area contributed by atoms with Crippen molar-refractivity contribution in [2.75, 3.05) is 6.26 Å². The van der Waals surface area contributed by atoms with E-state index in [1.165, 1.54) is 6.26 Å². The monoisotopic (exact) mass is 312 g/mol. The van der Waals surface area contributed by atoms with Gasteiger partial charge in [-0.15, -0.1) is 11.6 Å². The van der Waals surface area contributed by atoms with Crippen LogP contribution in [-0.2, 0) is 9.84 Å². The molecule has 6 heteroatoms. The average Bonchev–Trinajstić information content (AvgIpc) is 2.92. The molecule has 0 amide bonds. The molecule has 1 aromatic heterocycles. The van der Waals surface area contributed by atoms with E-state index in [0.717, 1.165) is 17.8 Å². The van der Waals surface area contributed by atoms with Gasteiger partial charge < -0.3 is 4.57 Å². The summed E-state index contributed by atoms with van der Waals surface area (Å²) in [4.78, 5) is 4.80. The zero-order valence-electron chi connectivity index (χ0n) is 11.7. The molecule has 2 aromatic rings. The van der Waals surface area contributed by atoms with Crippen molar-refractivity contribution in [3.8, 4) is 0 Å². The maximum Gasteiger partial charge on any atom is 0.177 e. The number of fused-ring (bicyclic) bond motifs is 1. The van der Waals surface area contributed by atoms with Crippen molar-refractivity contribution in [3.05, 3.63) is 24.0 Å². The van der Waals surface area contributed by atoms with Crippen LogP contribution in [0, 0.1) is 5.92 Å². The largest absolute Gasteiger partial charge is 0.323 e. The Morgan fingerprint density at radius 2 is 2.10 bits per heavy atom. The zero-order valence-corrected chi connectivity index (χ0v) is 13.2. The molecule has 3 unspecified atom stereocenters. The summed E-state index contributed by atoms with van der Waals surface area (Å²) in [5, 5.41) is -0.248. The molecule has 0 saturated heterocycles. The molecule has 3 atom stereocenters. The lowest BCUT2D eigenvalue weighted by atomic mass is 10.3. The maximum atomic E-state index is 11.9. The van der Waals surface area contributed by atoms with Crippen LogP contribution < -0.4 is 0 Å². The number of halogens is 1. The van der Waals surface area contributed by atoms with Gasteiger partial charge in [-0.05, 0) is 31.4 Å². The Hall–Kier alpha value is -1.07. The Labute approximate surface area is 123 Å². The van der Waals surface area contributed by atoms with Crippen LogP contribution in [0.1, 0.15) is 37.5 Å². The topological polar surface area (TPSA) is 52.0 Å². The molecule has 0 spiro atoms. The quantitative estimate of drug-likeness (QED) is 0.817. The number of hydrogen-bond acceptors (Lipinski definition) is 3. The van der Waals surface area contributed by atoms with E-state index in [-0.39, 0.29) is 10.3 Å². The fourth-order valence-electron chi connectivity index (χ4n) is 2.70. The first-order valence-corrected chi connectivity index (χ1v) is 8.98. The summed E-state index contributed by atoms with van der Waals surface area (Å²) in [6.45, 7) is 4.05. The van der Waals surface area contributed by atoms with Crippen LogP contribution in [0.5, 0.6) is 0 Å². The second-order valence-corrected chi connectivity index (χ2v) is 8.27. The molecule has 1 aliphatic carbocycles. The second kappa shape index (κ2) is 4.46. The smallest absolute Gasteiger partial charge is 0.177 e. The van der Waals surface area contributed by atoms with Gasteiger partial charge in [-0.3, -0.25) is 0 Å². The third kappa shape index (κ3) is 2.13. The van der Waals surface area contributed by atoms with E-state index in [4.69, 9.17) is 11.6 Å². The number of imidazole rings is 1. The van der Waals surface area contributed by atoms with Crippen LogP contribution in [0.2, 0.25) is 0 Å². The van der Waals surface area contributed by atoms with Crippen molar-refractivity contribution < 1.29 is 8.42 Å². The third-order valence-electron chi connectivity index (χ3n) is 3.86. The van der Waals surface area contributed by atoms with Gasteiger partial charge in [0.15, 0.2) is 9.84 Å². The lowest BCUT2D eigenvalue weighted by Gasteiger charge is -2.09. The van der Waals surface area contributed by atoms with E-state index < -0.39 is 9.84 Å². The van der Waals surface area contributed by atoms with Crippen LogP contribution in [0.3, 0.4) is 0 Å². The van der Waals surface area contributed by atoms with Crippen LogP contribution in [0.4, 0.5) is 0 Å². The van der Waals surface area contributed by atoms with E-state index in [0.29, 0.717) is 17.5 Å². The predicted octanol–water partition coefficient (Wildman–Crippen LogP) is 3.32. The first-order valence-electron chi connectivity index (χ1n) is 6.65. The summed E-state index contributed by atoms with van der Waals surface area (Å²) in [5.74, 6) is 1.34. The highest BCUT2D eigenvalue weighted by Crippen LogP contribution is 2.46. The third-order valence-corrected chi connectivity index (χ3v) is 5.19. The summed E-state index contributed by atoms with van der Waals surface area (Å²) in [6.07, 6.45) is 2.30. The van der Waals surface area contributed by atoms with E-state index in [1.54, 1.807) is 12.1 Å². The molecular formula is C14H17ClN2O2S. The standard InChI is InChI=1S/C14H17ClN2O2S/c1-8-7-11(8)17-10-5-4-6-12(20(3,18)19)13(10)16-14(17)9(2)15/h4-6,8-9,11H,7H2,1-3H3. The van der Waals surface area contributed by atoms with Crippen molar-refractivity contribution >= 4 is 32.5 Å². The Morgan fingerprint density at radius 1 is 1.45 bits per heavy atom. The lowest BCUT2D eigenvalue weighted by molar-refractivity contribution is 0.602. The molecule has 108 valence electrons. The van der Waals surface area contributed by atoms with Crippen molar-refractivity contribution in [2.24, 2.45) is 5.92 Å². The summed E-state index contributed by atoms with van der Waals surface area (Å²) in [5.41, 5.74) is 1.40. The Balaban J connectivity index is 2.34. The Bertz CT molecular complexity index is 780. The Kier molecular flexibility index (Phi) is 3.10. The number of aromatic nitrogens is 2. The molecule has 0 radical (unpaired) electrons. The average molecular weight is 313 g/mol. The summed E-state index contributed by atoms with van der Waals surface area (Å²) in [7, 11) is -3.30. The number of sulfone groups is 1. The number of rotatable bonds is 3. The SMILES string of the molecule is CC(Cl)c1nc2c(S(C)(=O)=O)cccc2n1C1CC1C. The highest BCUT2D eigenvalue weighted by atomic mass is 35.5. The lowest BCUT2D eigenvalue weighted by Crippen LogP contribution is -2.03. The number of para-hydroxylation sites is 1. The number of nitrogens with zero attached hydrogens (tertiary/aromatic N) is 2. The van der Waals surface area contributed by atoms with Gasteiger partial charge >= 0.3 is 0 Å². The van der Waals surface area contributed by atoms with Crippen LogP contribution in [-0.4, -0.2) is 24.2 Å². The van der Waals surface area contributed by atoms with Crippen molar-refractivity contribution in [1.82, 2.24) is 9.55 Å². The van der Waals surface area contributed by atoms with Crippen LogP contribution in [0.15, 0.2) is 23.1 Å². The minimum atomic E-state index is -3.30. The molecule has 1 aliphatic rings. The van der Waals surface area contributed by atoms with Crippen molar-refractivity contribution in [2.45, 2.75) is 36.6 Å². The van der Waals surface area contributed by atoms with E-state index in [2.05, 4.69) is 16.5 Å². The number of hydrogen-bond donors (Lipinski definition) is 0. The second-order valence-electron chi connectivity index (χ2n) is 5.63.